The van der Waals surface area contributed by atoms with Crippen molar-refractivity contribution in [3.63, 3.8) is 0 Å². The highest BCUT2D eigenvalue weighted by Gasteiger charge is 2.33. The van der Waals surface area contributed by atoms with E-state index in [0.29, 0.717) is 18.3 Å². The first-order chi connectivity index (χ1) is 9.28. The van der Waals surface area contributed by atoms with Crippen LogP contribution in [0.5, 0.6) is 0 Å². The maximum Gasteiger partial charge on any atom is 0.270 e. The summed E-state index contributed by atoms with van der Waals surface area (Å²) in [5.41, 5.74) is 0.416. The van der Waals surface area contributed by atoms with Crippen molar-refractivity contribution < 1.29 is 13.2 Å². The van der Waals surface area contributed by atoms with Crippen LogP contribution in [-0.4, -0.2) is 54.8 Å². The van der Waals surface area contributed by atoms with Gasteiger partial charge in [0.1, 0.15) is 10.6 Å². The van der Waals surface area contributed by atoms with E-state index in [9.17, 15) is 13.2 Å². The molecule has 1 aliphatic carbocycles. The van der Waals surface area contributed by atoms with E-state index >= 15 is 0 Å². The Morgan fingerprint density at radius 2 is 2.00 bits per heavy atom. The van der Waals surface area contributed by atoms with Gasteiger partial charge in [-0.25, -0.2) is 12.7 Å². The van der Waals surface area contributed by atoms with Crippen LogP contribution < -0.4 is 0 Å². The lowest BCUT2D eigenvalue weighted by atomic mass is 10.3. The van der Waals surface area contributed by atoms with E-state index in [1.807, 2.05) is 6.92 Å². The number of nitrogens with zero attached hydrogens (tertiary/aromatic N) is 3. The molecule has 20 heavy (non-hydrogen) atoms. The number of aryl methyl sites for hydroxylation is 1. The molecule has 6 nitrogen and oxygen atoms in total. The van der Waals surface area contributed by atoms with Gasteiger partial charge in [0.15, 0.2) is 0 Å². The normalized spacial score (nSPS) is 15.7. The summed E-state index contributed by atoms with van der Waals surface area (Å²) in [6.45, 7) is 2.58. The maximum absolute atomic E-state index is 12.5. The average Bonchev–Trinajstić information content (AvgIpc) is 3.11. The molecule has 0 aliphatic heterocycles. The molecule has 1 amide bonds. The molecule has 1 aromatic heterocycles. The molecule has 1 aromatic rings. The summed E-state index contributed by atoms with van der Waals surface area (Å²) in [6, 6.07) is 1.78. The Morgan fingerprint density at radius 3 is 2.45 bits per heavy atom. The number of hydrogen-bond acceptors (Lipinski definition) is 3. The third kappa shape index (κ3) is 2.60. The van der Waals surface area contributed by atoms with Gasteiger partial charge >= 0.3 is 0 Å². The highest BCUT2D eigenvalue weighted by Crippen LogP contribution is 2.28. The summed E-state index contributed by atoms with van der Waals surface area (Å²) in [5.74, 6) is -0.0993. The number of amides is 1. The van der Waals surface area contributed by atoms with Gasteiger partial charge in [-0.1, -0.05) is 0 Å². The smallest absolute Gasteiger partial charge is 0.270 e. The molecule has 0 aromatic carbocycles. The molecule has 1 saturated carbocycles. The molecule has 1 heterocycles. The van der Waals surface area contributed by atoms with Crippen LogP contribution in [0, 0.1) is 0 Å². The molecule has 0 spiro atoms. The fourth-order valence-electron chi connectivity index (χ4n) is 2.20. The van der Waals surface area contributed by atoms with Crippen molar-refractivity contribution in [3.8, 4) is 0 Å². The molecule has 1 fully saturated rings. The third-order valence-electron chi connectivity index (χ3n) is 3.57. The fraction of sp³-hybridized carbons (Fsp3) is 0.615. The molecule has 0 bridgehead atoms. The van der Waals surface area contributed by atoms with Gasteiger partial charge in [0.25, 0.3) is 5.91 Å². The minimum Gasteiger partial charge on any atom is -0.345 e. The Balaban J connectivity index is 2.34. The Morgan fingerprint density at radius 1 is 1.40 bits per heavy atom. The van der Waals surface area contributed by atoms with E-state index in [1.54, 1.807) is 16.5 Å². The van der Waals surface area contributed by atoms with Gasteiger partial charge < -0.3 is 9.47 Å². The number of carbonyl (C=O) groups excluding carboxylic acids is 1. The summed E-state index contributed by atoms with van der Waals surface area (Å²) in [6.07, 6.45) is 3.56. The SMILES string of the molecule is CCN(C(=O)c1cc(S(=O)(=O)N(C)C)cn1C)C1CC1. The monoisotopic (exact) mass is 299 g/mol. The molecule has 0 unspecified atom stereocenters. The highest BCUT2D eigenvalue weighted by atomic mass is 32.2. The lowest BCUT2D eigenvalue weighted by Crippen LogP contribution is -2.33. The first-order valence-electron chi connectivity index (χ1n) is 6.69. The average molecular weight is 299 g/mol. The summed E-state index contributed by atoms with van der Waals surface area (Å²) in [5, 5.41) is 0. The summed E-state index contributed by atoms with van der Waals surface area (Å²) in [4.78, 5) is 14.4. The Labute approximate surface area is 120 Å². The summed E-state index contributed by atoms with van der Waals surface area (Å²) in [7, 11) is 1.15. The van der Waals surface area contributed by atoms with Gasteiger partial charge in [-0.15, -0.1) is 0 Å². The Bertz CT molecular complexity index is 615. The maximum atomic E-state index is 12.5. The van der Waals surface area contributed by atoms with Crippen molar-refractivity contribution in [1.82, 2.24) is 13.8 Å². The largest absolute Gasteiger partial charge is 0.345 e. The molecule has 1 aliphatic rings. The van der Waals surface area contributed by atoms with Crippen LogP contribution in [0.4, 0.5) is 0 Å². The van der Waals surface area contributed by atoms with Crippen molar-refractivity contribution in [2.24, 2.45) is 7.05 Å². The molecule has 112 valence electrons. The first-order valence-corrected chi connectivity index (χ1v) is 8.13. The van der Waals surface area contributed by atoms with Gasteiger partial charge in [0.2, 0.25) is 10.0 Å². The van der Waals surface area contributed by atoms with Crippen molar-refractivity contribution in [3.05, 3.63) is 18.0 Å². The Hall–Kier alpha value is -1.34. The van der Waals surface area contributed by atoms with Gasteiger partial charge in [-0.2, -0.15) is 0 Å². The zero-order valence-corrected chi connectivity index (χ0v) is 13.1. The standard InChI is InChI=1S/C13H21N3O3S/c1-5-16(10-6-7-10)13(17)12-8-11(9-15(12)4)20(18,19)14(2)3/h8-10H,5-7H2,1-4H3. The van der Waals surface area contributed by atoms with Crippen molar-refractivity contribution in [2.45, 2.75) is 30.7 Å². The van der Waals surface area contributed by atoms with Crippen molar-refractivity contribution in [2.75, 3.05) is 20.6 Å². The molecule has 0 atom stereocenters. The summed E-state index contributed by atoms with van der Waals surface area (Å²) < 4.78 is 26.9. The number of aromatic nitrogens is 1. The number of hydrogen-bond donors (Lipinski definition) is 0. The highest BCUT2D eigenvalue weighted by molar-refractivity contribution is 7.89. The molecule has 0 radical (unpaired) electrons. The minimum absolute atomic E-state index is 0.0993. The van der Waals surface area contributed by atoms with Crippen LogP contribution in [0.1, 0.15) is 30.3 Å². The van der Waals surface area contributed by atoms with E-state index < -0.39 is 10.0 Å². The van der Waals surface area contributed by atoms with E-state index in [0.717, 1.165) is 17.1 Å². The third-order valence-corrected chi connectivity index (χ3v) is 5.35. The number of sulfonamides is 1. The van der Waals surface area contributed by atoms with Crippen LogP contribution in [0.15, 0.2) is 17.2 Å². The molecular weight excluding hydrogens is 278 g/mol. The van der Waals surface area contributed by atoms with E-state index in [4.69, 9.17) is 0 Å². The van der Waals surface area contributed by atoms with E-state index in [2.05, 4.69) is 0 Å². The van der Waals surface area contributed by atoms with Crippen LogP contribution in [0.2, 0.25) is 0 Å². The van der Waals surface area contributed by atoms with Gasteiger partial charge in [0, 0.05) is 39.9 Å². The molecular formula is C13H21N3O3S. The lowest BCUT2D eigenvalue weighted by molar-refractivity contribution is 0.0743. The minimum atomic E-state index is -3.51. The summed E-state index contributed by atoms with van der Waals surface area (Å²) >= 11 is 0. The van der Waals surface area contributed by atoms with Crippen LogP contribution in [-0.2, 0) is 17.1 Å². The molecule has 7 heteroatoms. The molecule has 0 N–H and O–H groups in total. The Kier molecular flexibility index (Phi) is 3.93. The second kappa shape index (κ2) is 5.21. The van der Waals surface area contributed by atoms with Crippen molar-refractivity contribution in [1.29, 1.82) is 0 Å². The van der Waals surface area contributed by atoms with Crippen LogP contribution in [0.3, 0.4) is 0 Å². The molecule has 2 rings (SSSR count). The van der Waals surface area contributed by atoms with Gasteiger partial charge in [-0.05, 0) is 25.8 Å². The van der Waals surface area contributed by atoms with Crippen LogP contribution in [0.25, 0.3) is 0 Å². The predicted molar refractivity (Wildman–Crippen MR) is 76.0 cm³/mol. The van der Waals surface area contributed by atoms with E-state index in [-0.39, 0.29) is 10.8 Å². The zero-order chi connectivity index (χ0) is 15.1. The van der Waals surface area contributed by atoms with Gasteiger partial charge in [-0.3, -0.25) is 4.79 Å². The lowest BCUT2D eigenvalue weighted by Gasteiger charge is -2.20. The number of carbonyl (C=O) groups is 1. The van der Waals surface area contributed by atoms with Gasteiger partial charge in [0.05, 0.1) is 0 Å². The zero-order valence-electron chi connectivity index (χ0n) is 12.3. The predicted octanol–water partition coefficient (Wildman–Crippen LogP) is 0.900. The van der Waals surface area contributed by atoms with Crippen LogP contribution >= 0.6 is 0 Å². The second-order valence-electron chi connectivity index (χ2n) is 5.28. The second-order valence-corrected chi connectivity index (χ2v) is 7.43. The quantitative estimate of drug-likeness (QED) is 0.811. The molecule has 0 saturated heterocycles. The van der Waals surface area contributed by atoms with E-state index in [1.165, 1.54) is 26.4 Å². The topological polar surface area (TPSA) is 62.6 Å². The fourth-order valence-corrected chi connectivity index (χ4v) is 3.17. The van der Waals surface area contributed by atoms with Crippen molar-refractivity contribution >= 4 is 15.9 Å². The number of rotatable bonds is 5. The first kappa shape index (κ1) is 15.1.